The lowest BCUT2D eigenvalue weighted by atomic mass is 10.0. The van der Waals surface area contributed by atoms with Gasteiger partial charge in [0, 0.05) is 13.1 Å². The topological polar surface area (TPSA) is 128 Å². The van der Waals surface area contributed by atoms with Crippen LogP contribution in [0.1, 0.15) is 54.7 Å². The van der Waals surface area contributed by atoms with E-state index in [2.05, 4.69) is 15.5 Å². The molecule has 274 valence electrons. The minimum Gasteiger partial charge on any atom is -0.354 e. The Hall–Kier alpha value is -6.07. The van der Waals surface area contributed by atoms with Gasteiger partial charge in [-0.3, -0.25) is 19.3 Å². The van der Waals surface area contributed by atoms with Crippen molar-refractivity contribution in [1.29, 1.82) is 0 Å². The first kappa shape index (κ1) is 35.0. The summed E-state index contributed by atoms with van der Waals surface area (Å²) in [4.78, 5) is 54.3. The van der Waals surface area contributed by atoms with E-state index in [-0.39, 0.29) is 23.8 Å². The van der Waals surface area contributed by atoms with E-state index in [1.807, 2.05) is 133 Å². The van der Waals surface area contributed by atoms with Crippen LogP contribution in [-0.4, -0.2) is 80.8 Å². The number of amides is 3. The van der Waals surface area contributed by atoms with Crippen LogP contribution in [0.5, 0.6) is 0 Å². The van der Waals surface area contributed by atoms with Crippen molar-refractivity contribution in [2.45, 2.75) is 50.2 Å². The second kappa shape index (κ2) is 15.1. The Labute approximate surface area is 314 Å². The van der Waals surface area contributed by atoms with Gasteiger partial charge in [-0.05, 0) is 79.7 Å². The SMILES string of the molecule is CN(C)[C@@H](C(=O)N1CCCC1C(=O)Nc1noc2cc(-c3ccc(-c4cnc([C@@H]5CCCN5C(=O)Cc5ccccc5)[nH]4)cc3)ccc12)c1ccccc1. The van der Waals surface area contributed by atoms with Crippen LogP contribution in [-0.2, 0) is 20.8 Å². The molecular formula is C43H43N7O4. The lowest BCUT2D eigenvalue weighted by Crippen LogP contribution is -2.47. The highest BCUT2D eigenvalue weighted by atomic mass is 16.5. The van der Waals surface area contributed by atoms with Gasteiger partial charge in [0.25, 0.3) is 0 Å². The van der Waals surface area contributed by atoms with Crippen molar-refractivity contribution in [2.75, 3.05) is 32.5 Å². The molecule has 11 nitrogen and oxygen atoms in total. The fraction of sp³-hybridized carbons (Fsp3) is 0.279. The van der Waals surface area contributed by atoms with E-state index in [1.165, 1.54) is 0 Å². The molecule has 2 fully saturated rings. The number of carbonyl (C=O) groups excluding carboxylic acids is 3. The third-order valence-corrected chi connectivity index (χ3v) is 10.6. The molecule has 2 N–H and O–H groups in total. The Kier molecular flexibility index (Phi) is 9.79. The van der Waals surface area contributed by atoms with Gasteiger partial charge in [-0.1, -0.05) is 96.2 Å². The monoisotopic (exact) mass is 721 g/mol. The molecule has 54 heavy (non-hydrogen) atoms. The molecule has 3 amide bonds. The number of likely N-dealkylation sites (tertiary alicyclic amines) is 2. The van der Waals surface area contributed by atoms with Crippen molar-refractivity contribution in [3.8, 4) is 22.4 Å². The van der Waals surface area contributed by atoms with Crippen LogP contribution in [0.25, 0.3) is 33.4 Å². The molecule has 6 aromatic rings. The number of carbonyl (C=O) groups is 3. The summed E-state index contributed by atoms with van der Waals surface area (Å²) in [6.07, 6.45) is 5.38. The number of nitrogens with one attached hydrogen (secondary N) is 2. The Morgan fingerprint density at radius 1 is 0.852 bits per heavy atom. The van der Waals surface area contributed by atoms with Crippen molar-refractivity contribution in [3.05, 3.63) is 126 Å². The lowest BCUT2D eigenvalue weighted by Gasteiger charge is -2.31. The molecule has 2 aliphatic heterocycles. The molecule has 1 unspecified atom stereocenters. The molecule has 0 radical (unpaired) electrons. The summed E-state index contributed by atoms with van der Waals surface area (Å²) >= 11 is 0. The van der Waals surface area contributed by atoms with E-state index in [4.69, 9.17) is 9.51 Å². The van der Waals surface area contributed by atoms with Crippen LogP contribution >= 0.6 is 0 Å². The van der Waals surface area contributed by atoms with Gasteiger partial charge in [-0.15, -0.1) is 0 Å². The van der Waals surface area contributed by atoms with Gasteiger partial charge in [0.2, 0.25) is 17.7 Å². The molecule has 0 saturated carbocycles. The van der Waals surface area contributed by atoms with Crippen molar-refractivity contribution >= 4 is 34.5 Å². The van der Waals surface area contributed by atoms with Gasteiger partial charge >= 0.3 is 0 Å². The number of aromatic amines is 1. The predicted octanol–water partition coefficient (Wildman–Crippen LogP) is 7.02. The first-order chi connectivity index (χ1) is 26.3. The standard InChI is InChI=1S/C43H43N7O4/c1-48(2)39(31-13-7-4-8-14-31)43(53)50-24-10-16-36(50)42(52)46-40-33-22-21-32(26-37(33)54-47-40)29-17-19-30(20-18-29)34-27-44-41(45-34)35-15-9-23-49(35)38(51)25-28-11-5-3-6-12-28/h3-8,11-14,17-22,26-27,35-36,39H,9-10,15-16,23-25H2,1-2H3,(H,44,45)(H,46,47,52)/t35-,36?,39+/m0/s1. The maximum Gasteiger partial charge on any atom is 0.248 e. The fourth-order valence-corrected chi connectivity index (χ4v) is 7.88. The molecular weight excluding hydrogens is 679 g/mol. The summed E-state index contributed by atoms with van der Waals surface area (Å²) < 4.78 is 5.69. The van der Waals surface area contributed by atoms with Gasteiger partial charge in [-0.25, -0.2) is 4.98 Å². The van der Waals surface area contributed by atoms with E-state index >= 15 is 0 Å². The molecule has 4 aromatic carbocycles. The number of nitrogens with zero attached hydrogens (tertiary/aromatic N) is 5. The minimum atomic E-state index is -0.599. The molecule has 2 saturated heterocycles. The lowest BCUT2D eigenvalue weighted by molar-refractivity contribution is -0.140. The zero-order valence-corrected chi connectivity index (χ0v) is 30.4. The number of benzene rings is 4. The first-order valence-electron chi connectivity index (χ1n) is 18.6. The van der Waals surface area contributed by atoms with E-state index in [0.717, 1.165) is 65.1 Å². The molecule has 0 bridgehead atoms. The highest BCUT2D eigenvalue weighted by Gasteiger charge is 2.39. The Morgan fingerprint density at radius 3 is 2.30 bits per heavy atom. The number of fused-ring (bicyclic) bond motifs is 1. The van der Waals surface area contributed by atoms with E-state index in [0.29, 0.717) is 36.2 Å². The number of aromatic nitrogens is 3. The smallest absolute Gasteiger partial charge is 0.248 e. The zero-order valence-electron chi connectivity index (χ0n) is 30.4. The third-order valence-electron chi connectivity index (χ3n) is 10.6. The van der Waals surface area contributed by atoms with Gasteiger partial charge in [0.15, 0.2) is 11.4 Å². The normalized spacial score (nSPS) is 17.7. The Balaban J connectivity index is 0.928. The van der Waals surface area contributed by atoms with E-state index in [9.17, 15) is 14.4 Å². The predicted molar refractivity (Wildman–Crippen MR) is 207 cm³/mol. The number of rotatable bonds is 10. The second-order valence-corrected chi connectivity index (χ2v) is 14.4. The molecule has 0 aliphatic carbocycles. The van der Waals surface area contributed by atoms with Gasteiger partial charge in [-0.2, -0.15) is 0 Å². The highest BCUT2D eigenvalue weighted by molar-refractivity contribution is 6.03. The molecule has 2 aliphatic rings. The van der Waals surface area contributed by atoms with Crippen molar-refractivity contribution in [3.63, 3.8) is 0 Å². The minimum absolute atomic E-state index is 0.0628. The van der Waals surface area contributed by atoms with Crippen LogP contribution in [0.2, 0.25) is 0 Å². The number of hydrogen-bond donors (Lipinski definition) is 2. The van der Waals surface area contributed by atoms with Crippen molar-refractivity contribution < 1.29 is 18.9 Å². The van der Waals surface area contributed by atoms with Crippen LogP contribution in [0, 0.1) is 0 Å². The quantitative estimate of drug-likeness (QED) is 0.156. The molecule has 0 spiro atoms. The van der Waals surface area contributed by atoms with Crippen LogP contribution in [0.4, 0.5) is 5.82 Å². The van der Waals surface area contributed by atoms with Gasteiger partial charge < -0.3 is 24.6 Å². The fourth-order valence-electron chi connectivity index (χ4n) is 7.88. The van der Waals surface area contributed by atoms with E-state index in [1.54, 1.807) is 4.90 Å². The molecule has 11 heteroatoms. The number of anilines is 1. The summed E-state index contributed by atoms with van der Waals surface area (Å²) in [6, 6.07) is 32.3. The van der Waals surface area contributed by atoms with Crippen LogP contribution in [0.3, 0.4) is 0 Å². The molecule has 4 heterocycles. The number of likely N-dealkylation sites (N-methyl/N-ethyl adjacent to an activating group) is 1. The summed E-state index contributed by atoms with van der Waals surface area (Å²) in [5, 5.41) is 7.82. The van der Waals surface area contributed by atoms with Crippen LogP contribution < -0.4 is 5.32 Å². The van der Waals surface area contributed by atoms with Gasteiger partial charge in [0.05, 0.1) is 29.7 Å². The molecule has 3 atom stereocenters. The third kappa shape index (κ3) is 7.02. The second-order valence-electron chi connectivity index (χ2n) is 14.4. The maximum atomic E-state index is 13.8. The first-order valence-corrected chi connectivity index (χ1v) is 18.6. The van der Waals surface area contributed by atoms with E-state index < -0.39 is 12.1 Å². The summed E-state index contributed by atoms with van der Waals surface area (Å²) in [6.45, 7) is 1.25. The number of imidazole rings is 1. The molecule has 8 rings (SSSR count). The van der Waals surface area contributed by atoms with Gasteiger partial charge in [0.1, 0.15) is 17.9 Å². The number of hydrogen-bond acceptors (Lipinski definition) is 7. The highest BCUT2D eigenvalue weighted by Crippen LogP contribution is 2.34. The summed E-state index contributed by atoms with van der Waals surface area (Å²) in [5.74, 6) is 0.894. The number of H-pyrrole nitrogens is 1. The van der Waals surface area contributed by atoms with Crippen molar-refractivity contribution in [2.24, 2.45) is 0 Å². The largest absolute Gasteiger partial charge is 0.354 e. The van der Waals surface area contributed by atoms with Crippen LogP contribution in [0.15, 0.2) is 114 Å². The Bertz CT molecular complexity index is 2270. The maximum absolute atomic E-state index is 13.8. The summed E-state index contributed by atoms with van der Waals surface area (Å²) in [5.41, 5.74) is 6.26. The average Bonchev–Trinajstić information content (AvgIpc) is 4.03. The molecule has 2 aromatic heterocycles. The van der Waals surface area contributed by atoms with Crippen molar-refractivity contribution in [1.82, 2.24) is 29.8 Å². The Morgan fingerprint density at radius 2 is 1.54 bits per heavy atom. The average molecular weight is 722 g/mol. The summed E-state index contributed by atoms with van der Waals surface area (Å²) in [7, 11) is 3.76. The zero-order chi connectivity index (χ0) is 37.2.